The number of amides is 1. The van der Waals surface area contributed by atoms with Gasteiger partial charge >= 0.3 is 0 Å². The second-order valence-corrected chi connectivity index (χ2v) is 8.30. The molecule has 2 aromatic carbocycles. The first-order valence-electron chi connectivity index (χ1n) is 11.1. The van der Waals surface area contributed by atoms with Gasteiger partial charge in [0, 0.05) is 12.0 Å². The summed E-state index contributed by atoms with van der Waals surface area (Å²) < 4.78 is 0. The molecule has 32 heavy (non-hydrogen) atoms. The van der Waals surface area contributed by atoms with E-state index in [1.54, 1.807) is 24.3 Å². The van der Waals surface area contributed by atoms with Crippen LogP contribution in [0.25, 0.3) is 11.3 Å². The number of nitrogens with one attached hydrogen (secondary N) is 1. The second-order valence-electron chi connectivity index (χ2n) is 8.30. The lowest BCUT2D eigenvalue weighted by Gasteiger charge is -2.21. The van der Waals surface area contributed by atoms with E-state index in [0.717, 1.165) is 53.9 Å². The predicted octanol–water partition coefficient (Wildman–Crippen LogP) is 4.95. The van der Waals surface area contributed by atoms with Crippen molar-refractivity contribution in [3.63, 3.8) is 0 Å². The molecule has 0 bridgehead atoms. The van der Waals surface area contributed by atoms with Gasteiger partial charge in [0.15, 0.2) is 5.82 Å². The van der Waals surface area contributed by atoms with E-state index in [9.17, 15) is 9.90 Å². The highest BCUT2D eigenvalue weighted by atomic mass is 16.3. The first kappa shape index (κ1) is 20.2. The van der Waals surface area contributed by atoms with Gasteiger partial charge in [-0.3, -0.25) is 4.79 Å². The molecule has 1 heterocycles. The number of carbonyl (C=O) groups excluding carboxylic acids is 1. The van der Waals surface area contributed by atoms with Crippen molar-refractivity contribution in [2.75, 3.05) is 5.32 Å². The first-order chi connectivity index (χ1) is 15.7. The Morgan fingerprint density at radius 3 is 2.66 bits per heavy atom. The average Bonchev–Trinajstić information content (AvgIpc) is 2.81. The van der Waals surface area contributed by atoms with Crippen LogP contribution in [0.15, 0.2) is 72.3 Å². The van der Waals surface area contributed by atoms with Gasteiger partial charge in [0.2, 0.25) is 5.91 Å². The number of hydrogen-bond donors (Lipinski definition) is 2. The molecular formula is C27H25N3O2. The normalized spacial score (nSPS) is 14.3. The largest absolute Gasteiger partial charge is 0.508 e. The zero-order valence-electron chi connectivity index (χ0n) is 17.8. The lowest BCUT2D eigenvalue weighted by molar-refractivity contribution is -0.115. The van der Waals surface area contributed by atoms with Crippen molar-refractivity contribution in [1.29, 1.82) is 0 Å². The third-order valence-electron chi connectivity index (χ3n) is 5.95. The Morgan fingerprint density at radius 2 is 1.84 bits per heavy atom. The van der Waals surface area contributed by atoms with E-state index in [-0.39, 0.29) is 18.1 Å². The third-order valence-corrected chi connectivity index (χ3v) is 5.95. The highest BCUT2D eigenvalue weighted by Crippen LogP contribution is 2.33. The fourth-order valence-electron chi connectivity index (χ4n) is 4.31. The van der Waals surface area contributed by atoms with Gasteiger partial charge in [0.1, 0.15) is 5.75 Å². The van der Waals surface area contributed by atoms with Crippen LogP contribution in [0.4, 0.5) is 5.82 Å². The number of benzene rings is 2. The fraction of sp³-hybridized carbons (Fsp3) is 0.222. The molecule has 0 unspecified atom stereocenters. The summed E-state index contributed by atoms with van der Waals surface area (Å²) in [5.74, 6) is 0.591. The molecule has 2 N–H and O–H groups in total. The van der Waals surface area contributed by atoms with Gasteiger partial charge in [0.05, 0.1) is 23.5 Å². The Morgan fingerprint density at radius 1 is 1.00 bits per heavy atom. The van der Waals surface area contributed by atoms with Crippen molar-refractivity contribution in [1.82, 2.24) is 9.97 Å². The van der Waals surface area contributed by atoms with Crippen LogP contribution >= 0.6 is 0 Å². The quantitative estimate of drug-likeness (QED) is 0.609. The smallest absolute Gasteiger partial charge is 0.229 e. The van der Waals surface area contributed by atoms with Crippen molar-refractivity contribution in [2.45, 2.75) is 38.5 Å². The number of carbonyl (C=O) groups is 1. The Bertz CT molecular complexity index is 1230. The van der Waals surface area contributed by atoms with Crippen LogP contribution < -0.4 is 5.32 Å². The lowest BCUT2D eigenvalue weighted by atomic mass is 9.91. The van der Waals surface area contributed by atoms with E-state index in [0.29, 0.717) is 12.2 Å². The van der Waals surface area contributed by atoms with Crippen LogP contribution in [0, 0.1) is 0 Å². The van der Waals surface area contributed by atoms with Crippen molar-refractivity contribution in [2.24, 2.45) is 0 Å². The maximum atomic E-state index is 12.8. The van der Waals surface area contributed by atoms with Gasteiger partial charge in [-0.2, -0.15) is 0 Å². The van der Waals surface area contributed by atoms with Gasteiger partial charge in [-0.05, 0) is 54.5 Å². The number of fused-ring (bicyclic) bond motifs is 3. The number of phenolic OH excluding ortho intramolecular Hbond substituents is 1. The summed E-state index contributed by atoms with van der Waals surface area (Å²) in [6.45, 7) is 0. The van der Waals surface area contributed by atoms with Crippen LogP contribution in [-0.2, 0) is 30.5 Å². The van der Waals surface area contributed by atoms with E-state index in [1.807, 2.05) is 6.07 Å². The molecule has 5 rings (SSSR count). The predicted molar refractivity (Wildman–Crippen MR) is 125 cm³/mol. The number of aromatic hydroxyl groups is 1. The molecule has 0 saturated heterocycles. The maximum Gasteiger partial charge on any atom is 0.229 e. The van der Waals surface area contributed by atoms with E-state index in [2.05, 4.69) is 41.7 Å². The molecule has 1 amide bonds. The van der Waals surface area contributed by atoms with Gasteiger partial charge in [-0.25, -0.2) is 9.97 Å². The van der Waals surface area contributed by atoms with Crippen LogP contribution in [-0.4, -0.2) is 21.0 Å². The average molecular weight is 424 g/mol. The lowest BCUT2D eigenvalue weighted by Crippen LogP contribution is -2.20. The van der Waals surface area contributed by atoms with Crippen LogP contribution in [0.2, 0.25) is 0 Å². The highest BCUT2D eigenvalue weighted by molar-refractivity contribution is 5.92. The molecule has 0 atom stereocenters. The van der Waals surface area contributed by atoms with Crippen LogP contribution in [0.3, 0.4) is 0 Å². The minimum absolute atomic E-state index is 0.143. The van der Waals surface area contributed by atoms with Gasteiger partial charge in [0.25, 0.3) is 0 Å². The molecule has 0 spiro atoms. The number of aromatic nitrogens is 2. The maximum absolute atomic E-state index is 12.8. The molecule has 160 valence electrons. The molecule has 5 nitrogen and oxygen atoms in total. The van der Waals surface area contributed by atoms with Gasteiger partial charge in [-0.15, -0.1) is 0 Å². The van der Waals surface area contributed by atoms with Crippen molar-refractivity contribution in [3.8, 4) is 17.0 Å². The molecule has 0 aliphatic heterocycles. The first-order valence-corrected chi connectivity index (χ1v) is 11.1. The number of allylic oxidation sites excluding steroid dienone is 4. The highest BCUT2D eigenvalue weighted by Gasteiger charge is 2.22. The number of hydrogen-bond acceptors (Lipinski definition) is 4. The van der Waals surface area contributed by atoms with Crippen molar-refractivity contribution < 1.29 is 9.90 Å². The summed E-state index contributed by atoms with van der Waals surface area (Å²) in [7, 11) is 0. The molecule has 0 radical (unpaired) electrons. The number of rotatable bonds is 5. The van der Waals surface area contributed by atoms with Gasteiger partial charge < -0.3 is 10.4 Å². The minimum atomic E-state index is -0.143. The fourth-order valence-corrected chi connectivity index (χ4v) is 4.31. The van der Waals surface area contributed by atoms with Crippen LogP contribution in [0.5, 0.6) is 5.75 Å². The Balaban J connectivity index is 1.48. The van der Waals surface area contributed by atoms with Crippen LogP contribution in [0.1, 0.15) is 35.4 Å². The third kappa shape index (κ3) is 4.33. The molecular weight excluding hydrogens is 398 g/mol. The number of phenols is 1. The molecule has 1 aromatic heterocycles. The standard InChI is InChI=1S/C27H25N3O2/c31-21-13-10-19(11-14-21)17-25(32)30-27-24(16-18-6-2-1-3-7-18)28-26-22-9-5-4-8-20(22)12-15-23(26)29-27/h2,4-11,13-14,31H,1,3,12,15-17H2,(H,29,30,32). The number of aryl methyl sites for hydroxylation is 2. The minimum Gasteiger partial charge on any atom is -0.508 e. The summed E-state index contributed by atoms with van der Waals surface area (Å²) >= 11 is 0. The van der Waals surface area contributed by atoms with Crippen molar-refractivity contribution >= 4 is 11.7 Å². The van der Waals surface area contributed by atoms with E-state index in [4.69, 9.17) is 9.97 Å². The topological polar surface area (TPSA) is 75.1 Å². The number of nitrogens with zero attached hydrogens (tertiary/aromatic N) is 2. The summed E-state index contributed by atoms with van der Waals surface area (Å²) in [6, 6.07) is 15.0. The Labute approximate surface area is 187 Å². The summed E-state index contributed by atoms with van der Waals surface area (Å²) in [5, 5.41) is 12.5. The molecule has 2 aliphatic rings. The number of anilines is 1. The zero-order chi connectivity index (χ0) is 21.9. The molecule has 0 saturated carbocycles. The monoisotopic (exact) mass is 423 g/mol. The second kappa shape index (κ2) is 8.79. The summed E-state index contributed by atoms with van der Waals surface area (Å²) in [6.07, 6.45) is 11.2. The van der Waals surface area contributed by atoms with E-state index in [1.165, 1.54) is 11.1 Å². The zero-order valence-corrected chi connectivity index (χ0v) is 17.8. The Kier molecular flexibility index (Phi) is 5.55. The SMILES string of the molecule is O=C(Cc1ccc(O)cc1)Nc1nc2c(nc1CC1=CCCC=C1)-c1ccccc1CC2. The van der Waals surface area contributed by atoms with Crippen molar-refractivity contribution in [3.05, 3.63) is 94.8 Å². The van der Waals surface area contributed by atoms with E-state index >= 15 is 0 Å². The van der Waals surface area contributed by atoms with E-state index < -0.39 is 0 Å². The van der Waals surface area contributed by atoms with Gasteiger partial charge in [-0.1, -0.05) is 54.6 Å². The molecule has 0 fully saturated rings. The Hall–Kier alpha value is -3.73. The summed E-state index contributed by atoms with van der Waals surface area (Å²) in [5.41, 5.74) is 7.11. The molecule has 5 heteroatoms. The molecule has 3 aromatic rings. The summed E-state index contributed by atoms with van der Waals surface area (Å²) in [4.78, 5) is 22.7. The molecule has 2 aliphatic carbocycles.